The third-order valence-corrected chi connectivity index (χ3v) is 3.35. The van der Waals surface area contributed by atoms with E-state index in [0.29, 0.717) is 16.6 Å². The van der Waals surface area contributed by atoms with Gasteiger partial charge in [0.25, 0.3) is 0 Å². The van der Waals surface area contributed by atoms with Crippen LogP contribution in [0.2, 0.25) is 5.15 Å². The molecule has 0 aliphatic heterocycles. The minimum Gasteiger partial charge on any atom is -0.263 e. The Bertz CT molecular complexity index is 787. The lowest BCUT2D eigenvalue weighted by Gasteiger charge is -2.00. The van der Waals surface area contributed by atoms with Crippen molar-refractivity contribution in [2.75, 3.05) is 0 Å². The molecule has 0 unspecified atom stereocenters. The van der Waals surface area contributed by atoms with Gasteiger partial charge >= 0.3 is 0 Å². The predicted molar refractivity (Wildman–Crippen MR) is 78.9 cm³/mol. The Morgan fingerprint density at radius 3 is 2.81 bits per heavy atom. The summed E-state index contributed by atoms with van der Waals surface area (Å²) in [5.74, 6) is 0.658. The van der Waals surface area contributed by atoms with Gasteiger partial charge in [-0.25, -0.2) is 9.50 Å². The van der Waals surface area contributed by atoms with Gasteiger partial charge in [-0.2, -0.15) is 10.4 Å². The number of rotatable bonds is 1. The molecule has 0 spiro atoms. The van der Waals surface area contributed by atoms with Crippen LogP contribution in [0, 0.1) is 11.3 Å². The molecule has 0 atom stereocenters. The molecular weight excluding hydrogens is 286 g/mol. The second-order valence-corrected chi connectivity index (χ2v) is 5.13. The van der Waals surface area contributed by atoms with E-state index in [4.69, 9.17) is 16.9 Å². The SMILES string of the molecule is Clc1cc(C2CC2)c2nccn2n1.N#Cc1cccnc1. The standard InChI is InChI=1S/C9H8ClN3.C6H4N2/c10-8-5-7(6-1-2-6)9-11-3-4-13(9)12-8;7-4-6-2-1-3-8-5-6/h3-6H,1-2H2;1-3,5H. The van der Waals surface area contributed by atoms with Crippen molar-refractivity contribution >= 4 is 17.2 Å². The fraction of sp³-hybridized carbons (Fsp3) is 0.200. The minimum absolute atomic E-state index is 0.549. The van der Waals surface area contributed by atoms with Gasteiger partial charge in [-0.3, -0.25) is 4.98 Å². The summed E-state index contributed by atoms with van der Waals surface area (Å²) in [4.78, 5) is 8.00. The first-order chi connectivity index (χ1) is 10.3. The second kappa shape index (κ2) is 5.90. The highest BCUT2D eigenvalue weighted by Gasteiger charge is 2.26. The Morgan fingerprint density at radius 2 is 2.19 bits per heavy atom. The molecule has 0 aromatic carbocycles. The molecule has 0 N–H and O–H groups in total. The molecule has 104 valence electrons. The smallest absolute Gasteiger partial charge is 0.157 e. The minimum atomic E-state index is 0.549. The molecule has 3 aromatic rings. The lowest BCUT2D eigenvalue weighted by molar-refractivity contribution is 0.913. The lowest BCUT2D eigenvalue weighted by Crippen LogP contribution is -1.95. The Kier molecular flexibility index (Phi) is 3.80. The molecule has 3 aromatic heterocycles. The molecule has 4 rings (SSSR count). The van der Waals surface area contributed by atoms with E-state index in [1.807, 2.05) is 18.3 Å². The van der Waals surface area contributed by atoms with E-state index in [1.54, 1.807) is 29.0 Å². The average Bonchev–Trinajstić information content (AvgIpc) is 3.26. The predicted octanol–water partition coefficient (Wildman–Crippen LogP) is 3.21. The van der Waals surface area contributed by atoms with Crippen molar-refractivity contribution in [2.24, 2.45) is 0 Å². The second-order valence-electron chi connectivity index (χ2n) is 4.75. The van der Waals surface area contributed by atoms with Gasteiger partial charge in [0.1, 0.15) is 11.2 Å². The lowest BCUT2D eigenvalue weighted by atomic mass is 10.2. The van der Waals surface area contributed by atoms with Crippen LogP contribution in [0.1, 0.15) is 29.9 Å². The maximum absolute atomic E-state index is 8.25. The number of pyridine rings is 1. The highest BCUT2D eigenvalue weighted by Crippen LogP contribution is 2.41. The van der Waals surface area contributed by atoms with Crippen molar-refractivity contribution in [3.05, 3.63) is 59.3 Å². The molecule has 0 saturated heterocycles. The van der Waals surface area contributed by atoms with E-state index in [2.05, 4.69) is 15.1 Å². The average molecular weight is 298 g/mol. The van der Waals surface area contributed by atoms with Gasteiger partial charge in [-0.15, -0.1) is 0 Å². The van der Waals surface area contributed by atoms with Crippen LogP contribution in [0.4, 0.5) is 0 Å². The summed E-state index contributed by atoms with van der Waals surface area (Å²) in [6.45, 7) is 0. The number of imidazole rings is 1. The number of hydrogen-bond donors (Lipinski definition) is 0. The highest BCUT2D eigenvalue weighted by atomic mass is 35.5. The molecule has 1 aliphatic carbocycles. The van der Waals surface area contributed by atoms with Crippen LogP contribution < -0.4 is 0 Å². The summed E-state index contributed by atoms with van der Waals surface area (Å²) in [6, 6.07) is 7.35. The number of nitrogens with zero attached hydrogens (tertiary/aromatic N) is 5. The van der Waals surface area contributed by atoms with Crippen molar-refractivity contribution in [3.63, 3.8) is 0 Å². The molecular formula is C15H12ClN5. The van der Waals surface area contributed by atoms with E-state index in [0.717, 1.165) is 5.65 Å². The van der Waals surface area contributed by atoms with Crippen molar-refractivity contribution in [3.8, 4) is 6.07 Å². The van der Waals surface area contributed by atoms with Gasteiger partial charge in [0.2, 0.25) is 0 Å². The van der Waals surface area contributed by atoms with Crippen LogP contribution in [0.5, 0.6) is 0 Å². The molecule has 3 heterocycles. The zero-order valence-corrected chi connectivity index (χ0v) is 11.9. The Balaban J connectivity index is 0.000000143. The topological polar surface area (TPSA) is 66.9 Å². The Hall–Kier alpha value is -2.45. The first-order valence-corrected chi connectivity index (χ1v) is 6.95. The summed E-state index contributed by atoms with van der Waals surface area (Å²) in [5.41, 5.74) is 2.80. The molecule has 5 nitrogen and oxygen atoms in total. The van der Waals surface area contributed by atoms with E-state index in [9.17, 15) is 0 Å². The summed E-state index contributed by atoms with van der Waals surface area (Å²) in [5, 5.41) is 12.9. The van der Waals surface area contributed by atoms with Crippen molar-refractivity contribution in [1.82, 2.24) is 19.6 Å². The molecule has 0 amide bonds. The highest BCUT2D eigenvalue weighted by molar-refractivity contribution is 6.29. The molecule has 1 fully saturated rings. The third-order valence-electron chi connectivity index (χ3n) is 3.17. The van der Waals surface area contributed by atoms with E-state index < -0.39 is 0 Å². The summed E-state index contributed by atoms with van der Waals surface area (Å²) in [7, 11) is 0. The molecule has 0 bridgehead atoms. The first-order valence-electron chi connectivity index (χ1n) is 6.58. The van der Waals surface area contributed by atoms with Crippen LogP contribution in [-0.4, -0.2) is 19.6 Å². The van der Waals surface area contributed by atoms with Crippen molar-refractivity contribution in [1.29, 1.82) is 5.26 Å². The van der Waals surface area contributed by atoms with Crippen LogP contribution in [-0.2, 0) is 0 Å². The number of nitriles is 1. The van der Waals surface area contributed by atoms with E-state index in [-0.39, 0.29) is 0 Å². The quantitative estimate of drug-likeness (QED) is 0.691. The number of aromatic nitrogens is 4. The zero-order chi connectivity index (χ0) is 14.7. The molecule has 1 saturated carbocycles. The van der Waals surface area contributed by atoms with Gasteiger partial charge < -0.3 is 0 Å². The fourth-order valence-electron chi connectivity index (χ4n) is 2.03. The van der Waals surface area contributed by atoms with Gasteiger partial charge in [0.05, 0.1) is 5.56 Å². The van der Waals surface area contributed by atoms with Gasteiger partial charge in [0.15, 0.2) is 5.65 Å². The number of halogens is 1. The zero-order valence-electron chi connectivity index (χ0n) is 11.1. The van der Waals surface area contributed by atoms with Gasteiger partial charge in [-0.1, -0.05) is 11.6 Å². The summed E-state index contributed by atoms with van der Waals surface area (Å²) >= 11 is 5.89. The van der Waals surface area contributed by atoms with E-state index >= 15 is 0 Å². The monoisotopic (exact) mass is 297 g/mol. The maximum atomic E-state index is 8.25. The summed E-state index contributed by atoms with van der Waals surface area (Å²) < 4.78 is 1.75. The van der Waals surface area contributed by atoms with Gasteiger partial charge in [0, 0.05) is 30.4 Å². The maximum Gasteiger partial charge on any atom is 0.157 e. The largest absolute Gasteiger partial charge is 0.263 e. The van der Waals surface area contributed by atoms with Crippen LogP contribution in [0.25, 0.3) is 5.65 Å². The van der Waals surface area contributed by atoms with Crippen LogP contribution in [0.15, 0.2) is 43.0 Å². The molecule has 1 aliphatic rings. The first kappa shape index (κ1) is 13.5. The Labute approximate surface area is 126 Å². The van der Waals surface area contributed by atoms with Gasteiger partial charge in [-0.05, 0) is 37.0 Å². The van der Waals surface area contributed by atoms with Crippen LogP contribution in [0.3, 0.4) is 0 Å². The molecule has 21 heavy (non-hydrogen) atoms. The number of fused-ring (bicyclic) bond motifs is 1. The normalized spacial score (nSPS) is 13.3. The fourth-order valence-corrected chi connectivity index (χ4v) is 2.23. The Morgan fingerprint density at radius 1 is 1.33 bits per heavy atom. The van der Waals surface area contributed by atoms with Crippen molar-refractivity contribution < 1.29 is 0 Å². The van der Waals surface area contributed by atoms with Crippen molar-refractivity contribution in [2.45, 2.75) is 18.8 Å². The summed E-state index contributed by atoms with van der Waals surface area (Å²) in [6.07, 6.45) is 9.25. The number of hydrogen-bond acceptors (Lipinski definition) is 4. The van der Waals surface area contributed by atoms with E-state index in [1.165, 1.54) is 24.6 Å². The molecule has 6 heteroatoms. The molecule has 0 radical (unpaired) electrons. The van der Waals surface area contributed by atoms with Crippen LogP contribution >= 0.6 is 11.6 Å². The third kappa shape index (κ3) is 3.18.